The lowest BCUT2D eigenvalue weighted by molar-refractivity contribution is 0.517. The highest BCUT2D eigenvalue weighted by atomic mass is 16.3. The van der Waals surface area contributed by atoms with Crippen LogP contribution >= 0.6 is 0 Å². The topological polar surface area (TPSA) is 46.2 Å². The summed E-state index contributed by atoms with van der Waals surface area (Å²) in [5.41, 5.74) is 6.57. The van der Waals surface area contributed by atoms with Crippen molar-refractivity contribution in [2.24, 2.45) is 5.73 Å². The van der Waals surface area contributed by atoms with E-state index in [1.165, 1.54) is 17.8 Å². The van der Waals surface area contributed by atoms with E-state index >= 15 is 0 Å². The third-order valence-corrected chi connectivity index (χ3v) is 2.51. The maximum Gasteiger partial charge on any atom is 0.124 e. The number of aliphatic hydroxyl groups excluding tert-OH is 1. The van der Waals surface area contributed by atoms with Crippen LogP contribution in [0.25, 0.3) is 22.6 Å². The van der Waals surface area contributed by atoms with Gasteiger partial charge in [-0.25, -0.2) is 0 Å². The number of rotatable bonds is 0. The summed E-state index contributed by atoms with van der Waals surface area (Å²) in [7, 11) is 1.50. The Morgan fingerprint density at radius 2 is 1.67 bits per heavy atom. The average molecular weight is 199 g/mol. The molecule has 0 heterocycles. The molecule has 3 rings (SSSR count). The van der Waals surface area contributed by atoms with Crippen LogP contribution in [0.15, 0.2) is 36.4 Å². The SMILES string of the molecule is CN.OC1=Cc2cccc3cccc1c23. The second kappa shape index (κ2) is 3.75. The van der Waals surface area contributed by atoms with E-state index in [9.17, 15) is 5.11 Å². The minimum absolute atomic E-state index is 0.381. The van der Waals surface area contributed by atoms with Crippen LogP contribution in [0, 0.1) is 0 Å². The molecule has 0 radical (unpaired) electrons. The van der Waals surface area contributed by atoms with Crippen LogP contribution < -0.4 is 5.73 Å². The Kier molecular flexibility index (Phi) is 2.44. The zero-order valence-corrected chi connectivity index (χ0v) is 8.57. The van der Waals surface area contributed by atoms with Crippen molar-refractivity contribution >= 4 is 22.6 Å². The highest BCUT2D eigenvalue weighted by Crippen LogP contribution is 2.34. The zero-order chi connectivity index (χ0) is 10.8. The highest BCUT2D eigenvalue weighted by Gasteiger charge is 2.14. The third kappa shape index (κ3) is 1.39. The number of benzene rings is 2. The number of nitrogens with two attached hydrogens (primary N) is 1. The van der Waals surface area contributed by atoms with E-state index < -0.39 is 0 Å². The normalized spacial score (nSPS) is 12.0. The maximum absolute atomic E-state index is 9.63. The summed E-state index contributed by atoms with van der Waals surface area (Å²) in [6.07, 6.45) is 1.82. The molecule has 0 aliphatic heterocycles. The molecule has 0 amide bonds. The molecule has 2 heteroatoms. The van der Waals surface area contributed by atoms with E-state index in [-0.39, 0.29) is 0 Å². The number of hydrogen-bond donors (Lipinski definition) is 2. The molecule has 0 bridgehead atoms. The van der Waals surface area contributed by atoms with Gasteiger partial charge in [-0.15, -0.1) is 0 Å². The van der Waals surface area contributed by atoms with Gasteiger partial charge in [0, 0.05) is 5.56 Å². The van der Waals surface area contributed by atoms with Crippen molar-refractivity contribution in [3.05, 3.63) is 47.5 Å². The van der Waals surface area contributed by atoms with Gasteiger partial charge in [0.25, 0.3) is 0 Å². The fourth-order valence-corrected chi connectivity index (χ4v) is 1.93. The molecule has 0 spiro atoms. The van der Waals surface area contributed by atoms with Crippen molar-refractivity contribution in [2.75, 3.05) is 7.05 Å². The maximum atomic E-state index is 9.63. The zero-order valence-electron chi connectivity index (χ0n) is 8.57. The molecule has 0 saturated carbocycles. The Balaban J connectivity index is 0.000000404. The Bertz CT molecular complexity index is 524. The Hall–Kier alpha value is -1.80. The van der Waals surface area contributed by atoms with Gasteiger partial charge in [-0.1, -0.05) is 36.4 Å². The molecule has 0 aromatic heterocycles. The largest absolute Gasteiger partial charge is 0.507 e. The quantitative estimate of drug-likeness (QED) is 0.685. The van der Waals surface area contributed by atoms with E-state index in [4.69, 9.17) is 0 Å². The lowest BCUT2D eigenvalue weighted by Crippen LogP contribution is -1.79. The van der Waals surface area contributed by atoms with Crippen LogP contribution in [0.4, 0.5) is 0 Å². The first-order chi connectivity index (χ1) is 7.36. The molecule has 1 aliphatic rings. The molecule has 3 N–H and O–H groups in total. The van der Waals surface area contributed by atoms with Gasteiger partial charge in [0.1, 0.15) is 5.76 Å². The second-order valence-corrected chi connectivity index (χ2v) is 3.28. The van der Waals surface area contributed by atoms with E-state index in [0.717, 1.165) is 11.1 Å². The molecule has 2 aromatic carbocycles. The van der Waals surface area contributed by atoms with E-state index in [2.05, 4.69) is 17.9 Å². The first-order valence-corrected chi connectivity index (χ1v) is 4.87. The number of aliphatic hydroxyl groups is 1. The van der Waals surface area contributed by atoms with Crippen LogP contribution in [0.3, 0.4) is 0 Å². The van der Waals surface area contributed by atoms with Gasteiger partial charge in [-0.05, 0) is 29.5 Å². The highest BCUT2D eigenvalue weighted by molar-refractivity contribution is 6.07. The minimum Gasteiger partial charge on any atom is -0.507 e. The molecule has 2 nitrogen and oxygen atoms in total. The van der Waals surface area contributed by atoms with Gasteiger partial charge in [-0.2, -0.15) is 0 Å². The average Bonchev–Trinajstić information content (AvgIpc) is 2.62. The lowest BCUT2D eigenvalue weighted by atomic mass is 10.0. The van der Waals surface area contributed by atoms with Gasteiger partial charge in [0.05, 0.1) is 0 Å². The van der Waals surface area contributed by atoms with Crippen LogP contribution in [-0.4, -0.2) is 12.2 Å². The molecular formula is C13H13NO. The predicted molar refractivity (Wildman–Crippen MR) is 64.6 cm³/mol. The molecule has 76 valence electrons. The monoisotopic (exact) mass is 199 g/mol. The van der Waals surface area contributed by atoms with Crippen LogP contribution in [0.2, 0.25) is 0 Å². The molecule has 15 heavy (non-hydrogen) atoms. The smallest absolute Gasteiger partial charge is 0.124 e. The molecule has 0 fully saturated rings. The molecule has 1 aliphatic carbocycles. The van der Waals surface area contributed by atoms with Crippen molar-refractivity contribution in [1.82, 2.24) is 0 Å². The summed E-state index contributed by atoms with van der Waals surface area (Å²) in [6, 6.07) is 12.1. The summed E-state index contributed by atoms with van der Waals surface area (Å²) in [5, 5.41) is 12.0. The van der Waals surface area contributed by atoms with Crippen molar-refractivity contribution in [3.63, 3.8) is 0 Å². The summed E-state index contributed by atoms with van der Waals surface area (Å²) in [4.78, 5) is 0. The van der Waals surface area contributed by atoms with Crippen LogP contribution in [0.1, 0.15) is 11.1 Å². The molecular weight excluding hydrogens is 186 g/mol. The minimum atomic E-state index is 0.381. The summed E-state index contributed by atoms with van der Waals surface area (Å²) >= 11 is 0. The van der Waals surface area contributed by atoms with Gasteiger partial charge >= 0.3 is 0 Å². The first-order valence-electron chi connectivity index (χ1n) is 4.87. The Morgan fingerprint density at radius 1 is 1.00 bits per heavy atom. The molecule has 0 unspecified atom stereocenters. The third-order valence-electron chi connectivity index (χ3n) is 2.51. The summed E-state index contributed by atoms with van der Waals surface area (Å²) < 4.78 is 0. The van der Waals surface area contributed by atoms with Crippen LogP contribution in [-0.2, 0) is 0 Å². The molecule has 0 saturated heterocycles. The molecule has 2 aromatic rings. The Morgan fingerprint density at radius 3 is 2.40 bits per heavy atom. The fraction of sp³-hybridized carbons (Fsp3) is 0.0769. The van der Waals surface area contributed by atoms with Crippen molar-refractivity contribution in [1.29, 1.82) is 0 Å². The van der Waals surface area contributed by atoms with Crippen molar-refractivity contribution in [3.8, 4) is 0 Å². The standard InChI is InChI=1S/C12H8O.CH5N/c13-11-7-9-5-1-3-8-4-2-6-10(11)12(8)9;1-2/h1-7,13H;2H2,1H3. The van der Waals surface area contributed by atoms with Gasteiger partial charge in [0.15, 0.2) is 0 Å². The summed E-state index contributed by atoms with van der Waals surface area (Å²) in [6.45, 7) is 0. The number of hydrogen-bond acceptors (Lipinski definition) is 2. The predicted octanol–water partition coefficient (Wildman–Crippen LogP) is 2.78. The van der Waals surface area contributed by atoms with Gasteiger partial charge in [0.2, 0.25) is 0 Å². The van der Waals surface area contributed by atoms with Crippen LogP contribution in [0.5, 0.6) is 0 Å². The van der Waals surface area contributed by atoms with E-state index in [1.54, 1.807) is 0 Å². The lowest BCUT2D eigenvalue weighted by Gasteiger charge is -2.00. The second-order valence-electron chi connectivity index (χ2n) is 3.28. The van der Waals surface area contributed by atoms with Gasteiger partial charge in [-0.3, -0.25) is 0 Å². The van der Waals surface area contributed by atoms with Crippen molar-refractivity contribution < 1.29 is 5.11 Å². The van der Waals surface area contributed by atoms with E-state index in [0.29, 0.717) is 5.76 Å². The van der Waals surface area contributed by atoms with Crippen molar-refractivity contribution in [2.45, 2.75) is 0 Å². The first kappa shape index (κ1) is 9.74. The van der Waals surface area contributed by atoms with E-state index in [1.807, 2.05) is 30.3 Å². The Labute approximate surface area is 88.7 Å². The molecule has 0 atom stereocenters. The van der Waals surface area contributed by atoms with Gasteiger partial charge < -0.3 is 10.8 Å². The summed E-state index contributed by atoms with van der Waals surface area (Å²) in [5.74, 6) is 0.381. The fourth-order valence-electron chi connectivity index (χ4n) is 1.93.